The summed E-state index contributed by atoms with van der Waals surface area (Å²) < 4.78 is 59.9. The average Bonchev–Trinajstić information content (AvgIpc) is 3.09. The number of halogens is 4. The summed E-state index contributed by atoms with van der Waals surface area (Å²) in [5, 5.41) is 10.2. The van der Waals surface area contributed by atoms with Gasteiger partial charge in [-0.15, -0.1) is 0 Å². The highest BCUT2D eigenvalue weighted by molar-refractivity contribution is 6.02. The van der Waals surface area contributed by atoms with Gasteiger partial charge in [0.25, 0.3) is 0 Å². The van der Waals surface area contributed by atoms with Crippen molar-refractivity contribution in [2.24, 2.45) is 0 Å². The second-order valence-electron chi connectivity index (χ2n) is 7.02. The molecule has 30 heavy (non-hydrogen) atoms. The van der Waals surface area contributed by atoms with Crippen LogP contribution in [0, 0.1) is 11.2 Å². The Morgan fingerprint density at radius 2 is 2.03 bits per heavy atom. The number of nitrogens with zero attached hydrogens (tertiary/aromatic N) is 3. The minimum atomic E-state index is -4.62. The van der Waals surface area contributed by atoms with Crippen LogP contribution in [0.2, 0.25) is 0 Å². The zero-order chi connectivity index (χ0) is 21.3. The molecule has 0 saturated carbocycles. The van der Waals surface area contributed by atoms with Gasteiger partial charge in [0.1, 0.15) is 17.2 Å². The Morgan fingerprint density at radius 3 is 2.73 bits per heavy atom. The van der Waals surface area contributed by atoms with E-state index in [4.69, 9.17) is 10.1 Å². The molecule has 0 amide bonds. The SMILES string of the molecule is N=C/C(=C\NCc1nc2cnc3ccc(F)cc3c2n1C1CCOCC1)C(F)(F)F. The third-order valence-corrected chi connectivity index (χ3v) is 5.11. The van der Waals surface area contributed by atoms with Gasteiger partial charge in [0.15, 0.2) is 0 Å². The normalized spacial score (nSPS) is 16.3. The van der Waals surface area contributed by atoms with Gasteiger partial charge in [0, 0.05) is 37.1 Å². The number of fused-ring (bicyclic) bond motifs is 3. The van der Waals surface area contributed by atoms with Crippen LogP contribution in [-0.4, -0.2) is 40.1 Å². The Balaban J connectivity index is 1.80. The first-order valence-corrected chi connectivity index (χ1v) is 9.42. The molecule has 2 aromatic heterocycles. The number of ether oxygens (including phenoxy) is 1. The number of benzene rings is 1. The van der Waals surface area contributed by atoms with Crippen molar-refractivity contribution in [2.45, 2.75) is 31.6 Å². The fourth-order valence-corrected chi connectivity index (χ4v) is 3.72. The molecule has 0 bridgehead atoms. The molecule has 1 aliphatic heterocycles. The lowest BCUT2D eigenvalue weighted by molar-refractivity contribution is -0.0860. The fourth-order valence-electron chi connectivity index (χ4n) is 3.72. The molecule has 3 aromatic rings. The van der Waals surface area contributed by atoms with Crippen LogP contribution in [0.5, 0.6) is 0 Å². The van der Waals surface area contributed by atoms with Crippen LogP contribution < -0.4 is 5.32 Å². The Labute approximate surface area is 169 Å². The quantitative estimate of drug-likeness (QED) is 0.477. The molecule has 0 spiro atoms. The van der Waals surface area contributed by atoms with Crippen molar-refractivity contribution in [3.8, 4) is 0 Å². The number of pyridine rings is 1. The predicted octanol–water partition coefficient (Wildman–Crippen LogP) is 4.26. The third kappa shape index (κ3) is 3.87. The molecule has 0 unspecified atom stereocenters. The van der Waals surface area contributed by atoms with Crippen molar-refractivity contribution in [1.29, 1.82) is 5.41 Å². The number of rotatable bonds is 5. The molecule has 1 aromatic carbocycles. The van der Waals surface area contributed by atoms with Gasteiger partial charge in [-0.1, -0.05) is 0 Å². The molecule has 158 valence electrons. The lowest BCUT2D eigenvalue weighted by Crippen LogP contribution is -2.23. The maximum Gasteiger partial charge on any atom is 0.419 e. The summed E-state index contributed by atoms with van der Waals surface area (Å²) in [6.45, 7) is 1.12. The van der Waals surface area contributed by atoms with E-state index >= 15 is 0 Å². The molecule has 0 radical (unpaired) electrons. The molecule has 3 heterocycles. The van der Waals surface area contributed by atoms with E-state index in [-0.39, 0.29) is 18.8 Å². The molecule has 2 N–H and O–H groups in total. The van der Waals surface area contributed by atoms with Gasteiger partial charge in [0.2, 0.25) is 0 Å². The summed E-state index contributed by atoms with van der Waals surface area (Å²) >= 11 is 0. The zero-order valence-corrected chi connectivity index (χ0v) is 15.8. The first-order valence-electron chi connectivity index (χ1n) is 9.42. The summed E-state index contributed by atoms with van der Waals surface area (Å²) in [5.74, 6) is 0.109. The maximum absolute atomic E-state index is 14.0. The van der Waals surface area contributed by atoms with Crippen molar-refractivity contribution in [3.05, 3.63) is 47.8 Å². The van der Waals surface area contributed by atoms with Crippen molar-refractivity contribution < 1.29 is 22.3 Å². The van der Waals surface area contributed by atoms with E-state index in [1.165, 1.54) is 12.1 Å². The molecule has 1 saturated heterocycles. The van der Waals surface area contributed by atoms with E-state index in [1.807, 2.05) is 4.57 Å². The predicted molar refractivity (Wildman–Crippen MR) is 104 cm³/mol. The second kappa shape index (κ2) is 8.02. The lowest BCUT2D eigenvalue weighted by atomic mass is 10.1. The summed E-state index contributed by atoms with van der Waals surface area (Å²) in [5.41, 5.74) is 0.767. The van der Waals surface area contributed by atoms with Crippen molar-refractivity contribution >= 4 is 28.2 Å². The average molecular weight is 421 g/mol. The largest absolute Gasteiger partial charge is 0.419 e. The summed E-state index contributed by atoms with van der Waals surface area (Å²) in [6.07, 6.45) is -0.592. The van der Waals surface area contributed by atoms with Crippen LogP contribution in [0.4, 0.5) is 17.6 Å². The molecule has 1 aliphatic rings. The lowest BCUT2D eigenvalue weighted by Gasteiger charge is -2.26. The highest BCUT2D eigenvalue weighted by Gasteiger charge is 2.32. The van der Waals surface area contributed by atoms with Crippen molar-refractivity contribution in [1.82, 2.24) is 19.9 Å². The van der Waals surface area contributed by atoms with Gasteiger partial charge < -0.3 is 20.0 Å². The molecule has 1 fully saturated rings. The van der Waals surface area contributed by atoms with Crippen LogP contribution in [0.3, 0.4) is 0 Å². The minimum absolute atomic E-state index is 0.0102. The first-order chi connectivity index (χ1) is 14.4. The van der Waals surface area contributed by atoms with Crippen molar-refractivity contribution in [2.75, 3.05) is 13.2 Å². The number of allylic oxidation sites excluding steroid dienone is 1. The number of aromatic nitrogens is 3. The monoisotopic (exact) mass is 421 g/mol. The molecule has 0 atom stereocenters. The van der Waals surface area contributed by atoms with E-state index in [0.717, 1.165) is 6.20 Å². The van der Waals surface area contributed by atoms with Crippen LogP contribution in [0.15, 0.2) is 36.2 Å². The summed E-state index contributed by atoms with van der Waals surface area (Å²) in [4.78, 5) is 8.89. The van der Waals surface area contributed by atoms with Crippen molar-refractivity contribution in [3.63, 3.8) is 0 Å². The number of imidazole rings is 1. The smallest absolute Gasteiger partial charge is 0.383 e. The Kier molecular flexibility index (Phi) is 5.42. The summed E-state index contributed by atoms with van der Waals surface area (Å²) in [6, 6.07) is 4.34. The maximum atomic E-state index is 14.0. The van der Waals surface area contributed by atoms with Gasteiger partial charge in [-0.3, -0.25) is 4.98 Å². The van der Waals surface area contributed by atoms with E-state index in [9.17, 15) is 17.6 Å². The Morgan fingerprint density at radius 1 is 1.27 bits per heavy atom. The van der Waals surface area contributed by atoms with Crippen LogP contribution in [-0.2, 0) is 11.3 Å². The van der Waals surface area contributed by atoms with E-state index < -0.39 is 17.6 Å². The van der Waals surface area contributed by atoms with Crippen LogP contribution in [0.25, 0.3) is 21.9 Å². The van der Waals surface area contributed by atoms with E-state index in [1.54, 1.807) is 12.3 Å². The molecular formula is C20H19F4N5O. The topological polar surface area (TPSA) is 75.8 Å². The van der Waals surface area contributed by atoms with Gasteiger partial charge in [-0.25, -0.2) is 9.37 Å². The highest BCUT2D eigenvalue weighted by atomic mass is 19.4. The van der Waals surface area contributed by atoms with Gasteiger partial charge in [0.05, 0.1) is 29.3 Å². The Hall–Kier alpha value is -3.01. The second-order valence-corrected chi connectivity index (χ2v) is 7.02. The number of alkyl halides is 3. The van der Waals surface area contributed by atoms with Gasteiger partial charge >= 0.3 is 6.18 Å². The first kappa shape index (κ1) is 20.3. The van der Waals surface area contributed by atoms with E-state index in [2.05, 4.69) is 15.3 Å². The summed E-state index contributed by atoms with van der Waals surface area (Å²) in [7, 11) is 0. The highest BCUT2D eigenvalue weighted by Crippen LogP contribution is 2.32. The van der Waals surface area contributed by atoms with Gasteiger partial charge in [-0.2, -0.15) is 13.2 Å². The molecular weight excluding hydrogens is 402 g/mol. The van der Waals surface area contributed by atoms with Gasteiger partial charge in [-0.05, 0) is 31.0 Å². The zero-order valence-electron chi connectivity index (χ0n) is 15.8. The van der Waals surface area contributed by atoms with Crippen LogP contribution >= 0.6 is 0 Å². The Bertz CT molecular complexity index is 1120. The fraction of sp³-hybridized carbons (Fsp3) is 0.350. The number of hydrogen-bond donors (Lipinski definition) is 2. The molecule has 6 nitrogen and oxygen atoms in total. The number of hydrogen-bond acceptors (Lipinski definition) is 5. The van der Waals surface area contributed by atoms with Crippen LogP contribution in [0.1, 0.15) is 24.7 Å². The molecule has 4 rings (SSSR count). The standard InChI is InChI=1S/C20H19F4N5O/c21-13-1-2-16-15(7-13)19-17(10-27-16)28-18(29(19)14-3-5-30-6-4-14)11-26-9-12(8-25)20(22,23)24/h1-2,7-10,14,25-26H,3-6,11H2/b12-9+,25-8?. The third-order valence-electron chi connectivity index (χ3n) is 5.11. The van der Waals surface area contributed by atoms with E-state index in [0.29, 0.717) is 53.8 Å². The number of nitrogens with one attached hydrogen (secondary N) is 2. The molecule has 10 heteroatoms. The molecule has 0 aliphatic carbocycles. The minimum Gasteiger partial charge on any atom is -0.383 e.